The summed E-state index contributed by atoms with van der Waals surface area (Å²) < 4.78 is 39.5. The summed E-state index contributed by atoms with van der Waals surface area (Å²) in [6, 6.07) is 11.2. The van der Waals surface area contributed by atoms with Crippen LogP contribution in [0.3, 0.4) is 0 Å². The van der Waals surface area contributed by atoms with Crippen molar-refractivity contribution < 1.29 is 27.6 Å². The summed E-state index contributed by atoms with van der Waals surface area (Å²) in [5.41, 5.74) is -1.03. The van der Waals surface area contributed by atoms with Gasteiger partial charge in [0, 0.05) is 0 Å². The number of anilines is 1. The summed E-state index contributed by atoms with van der Waals surface area (Å²) in [6.45, 7) is -0.680. The molecule has 2 aliphatic rings. The van der Waals surface area contributed by atoms with Gasteiger partial charge in [0.15, 0.2) is 0 Å². The Morgan fingerprint density at radius 2 is 1.77 bits per heavy atom. The number of amides is 4. The second kappa shape index (κ2) is 7.72. The molecule has 1 saturated heterocycles. The van der Waals surface area contributed by atoms with E-state index in [0.717, 1.165) is 35.4 Å². The van der Waals surface area contributed by atoms with Crippen LogP contribution in [0.1, 0.15) is 36.0 Å². The number of nitrogens with one attached hydrogen (secondary N) is 2. The van der Waals surface area contributed by atoms with E-state index in [0.29, 0.717) is 18.4 Å². The highest BCUT2D eigenvalue weighted by Crippen LogP contribution is 2.39. The molecule has 0 unspecified atom stereocenters. The normalized spacial score (nSPS) is 20.9. The first-order valence-corrected chi connectivity index (χ1v) is 9.91. The van der Waals surface area contributed by atoms with Gasteiger partial charge in [-0.1, -0.05) is 36.4 Å². The number of fused-ring (bicyclic) bond motifs is 2. The SMILES string of the molecule is O=C(CN1C(=O)N[C@]2(CCCCc3ccccc32)C1=O)Nc1ccccc1C(F)(F)F. The Balaban J connectivity index is 1.57. The van der Waals surface area contributed by atoms with E-state index in [9.17, 15) is 27.6 Å². The van der Waals surface area contributed by atoms with Gasteiger partial charge in [0.25, 0.3) is 5.91 Å². The van der Waals surface area contributed by atoms with Crippen LogP contribution in [0.15, 0.2) is 48.5 Å². The maximum atomic E-state index is 13.3. The minimum Gasteiger partial charge on any atom is -0.324 e. The monoisotopic (exact) mass is 431 g/mol. The van der Waals surface area contributed by atoms with Crippen LogP contribution < -0.4 is 10.6 Å². The smallest absolute Gasteiger partial charge is 0.324 e. The van der Waals surface area contributed by atoms with E-state index in [1.54, 1.807) is 12.1 Å². The van der Waals surface area contributed by atoms with Gasteiger partial charge < -0.3 is 10.6 Å². The fraction of sp³-hybridized carbons (Fsp3) is 0.318. The van der Waals surface area contributed by atoms with Crippen LogP contribution in [0.4, 0.5) is 23.7 Å². The Labute approximate surface area is 176 Å². The lowest BCUT2D eigenvalue weighted by molar-refractivity contribution is -0.137. The van der Waals surface area contributed by atoms with E-state index in [4.69, 9.17) is 0 Å². The maximum absolute atomic E-state index is 13.3. The second-order valence-electron chi connectivity index (χ2n) is 7.68. The van der Waals surface area contributed by atoms with Crippen molar-refractivity contribution >= 4 is 23.5 Å². The van der Waals surface area contributed by atoms with Crippen molar-refractivity contribution in [1.29, 1.82) is 0 Å². The second-order valence-corrected chi connectivity index (χ2v) is 7.68. The van der Waals surface area contributed by atoms with Gasteiger partial charge >= 0.3 is 12.2 Å². The molecule has 9 heteroatoms. The first-order chi connectivity index (χ1) is 14.7. The lowest BCUT2D eigenvalue weighted by Gasteiger charge is -2.27. The molecule has 0 aromatic heterocycles. The number of carbonyl (C=O) groups excluding carboxylic acids is 3. The number of hydrogen-bond donors (Lipinski definition) is 2. The van der Waals surface area contributed by atoms with Crippen molar-refractivity contribution in [2.45, 2.75) is 37.4 Å². The summed E-state index contributed by atoms with van der Waals surface area (Å²) in [5, 5.41) is 4.92. The molecule has 4 rings (SSSR count). The molecular formula is C22H20F3N3O3. The molecule has 2 aromatic carbocycles. The third-order valence-electron chi connectivity index (χ3n) is 5.71. The average molecular weight is 431 g/mol. The first kappa shape index (κ1) is 20.9. The van der Waals surface area contributed by atoms with Crippen LogP contribution >= 0.6 is 0 Å². The number of rotatable bonds is 3. The number of carbonyl (C=O) groups is 3. The molecular weight excluding hydrogens is 411 g/mol. The fourth-order valence-electron chi connectivity index (χ4n) is 4.29. The van der Waals surface area contributed by atoms with Gasteiger partial charge in [0.05, 0.1) is 11.3 Å². The maximum Gasteiger partial charge on any atom is 0.418 e. The first-order valence-electron chi connectivity index (χ1n) is 9.91. The lowest BCUT2D eigenvalue weighted by Crippen LogP contribution is -2.44. The summed E-state index contributed by atoms with van der Waals surface area (Å²) in [5.74, 6) is -1.45. The van der Waals surface area contributed by atoms with Crippen molar-refractivity contribution in [3.8, 4) is 0 Å². The third kappa shape index (κ3) is 3.75. The van der Waals surface area contributed by atoms with Gasteiger partial charge in [-0.2, -0.15) is 13.2 Å². The zero-order chi connectivity index (χ0) is 22.2. The highest BCUT2D eigenvalue weighted by molar-refractivity contribution is 6.10. The van der Waals surface area contributed by atoms with Crippen LogP contribution in [0.25, 0.3) is 0 Å². The summed E-state index contributed by atoms with van der Waals surface area (Å²) >= 11 is 0. The number of halogens is 3. The standard InChI is InChI=1S/C22H20F3N3O3/c23-22(24,25)16-10-3-4-11-17(16)26-18(29)13-28-19(30)21(27-20(28)31)12-6-5-8-14-7-1-2-9-15(14)21/h1-4,7,9-11H,5-6,8,12-13H2,(H,26,29)(H,27,31)/t21-/m0/s1. The van der Waals surface area contributed by atoms with Gasteiger partial charge in [-0.15, -0.1) is 0 Å². The molecule has 1 fully saturated rings. The van der Waals surface area contributed by atoms with E-state index >= 15 is 0 Å². The molecule has 1 heterocycles. The Morgan fingerprint density at radius 1 is 1.06 bits per heavy atom. The molecule has 1 aliphatic carbocycles. The number of aryl methyl sites for hydroxylation is 1. The molecule has 4 amide bonds. The Bertz CT molecular complexity index is 1050. The lowest BCUT2D eigenvalue weighted by atomic mass is 9.84. The molecule has 0 radical (unpaired) electrons. The van der Waals surface area contributed by atoms with Gasteiger partial charge in [-0.25, -0.2) is 4.79 Å². The quantitative estimate of drug-likeness (QED) is 0.726. The zero-order valence-electron chi connectivity index (χ0n) is 16.5. The number of alkyl halides is 3. The predicted molar refractivity (Wildman–Crippen MR) is 106 cm³/mol. The van der Waals surface area contributed by atoms with Crippen molar-refractivity contribution in [3.05, 3.63) is 65.2 Å². The largest absolute Gasteiger partial charge is 0.418 e. The Kier molecular flexibility index (Phi) is 5.20. The van der Waals surface area contributed by atoms with E-state index in [2.05, 4.69) is 10.6 Å². The van der Waals surface area contributed by atoms with Crippen molar-refractivity contribution in [3.63, 3.8) is 0 Å². The van der Waals surface area contributed by atoms with E-state index in [1.165, 1.54) is 12.1 Å². The topological polar surface area (TPSA) is 78.5 Å². The molecule has 1 atom stereocenters. The molecule has 162 valence electrons. The number of para-hydroxylation sites is 1. The molecule has 1 spiro atoms. The Morgan fingerprint density at radius 3 is 2.55 bits per heavy atom. The number of urea groups is 1. The molecule has 2 aromatic rings. The van der Waals surface area contributed by atoms with Crippen LogP contribution in [-0.2, 0) is 27.7 Å². The number of benzene rings is 2. The number of hydrogen-bond acceptors (Lipinski definition) is 3. The Hall–Kier alpha value is -3.36. The van der Waals surface area contributed by atoms with Crippen LogP contribution in [0, 0.1) is 0 Å². The number of nitrogens with zero attached hydrogens (tertiary/aromatic N) is 1. The molecule has 6 nitrogen and oxygen atoms in total. The summed E-state index contributed by atoms with van der Waals surface area (Å²) in [6.07, 6.45) is -1.92. The minimum absolute atomic E-state index is 0.392. The van der Waals surface area contributed by atoms with Crippen molar-refractivity contribution in [2.24, 2.45) is 0 Å². The van der Waals surface area contributed by atoms with Crippen molar-refractivity contribution in [2.75, 3.05) is 11.9 Å². The van der Waals surface area contributed by atoms with Crippen LogP contribution in [0.5, 0.6) is 0 Å². The molecule has 1 aliphatic heterocycles. The minimum atomic E-state index is -4.65. The van der Waals surface area contributed by atoms with E-state index in [1.807, 2.05) is 12.1 Å². The molecule has 0 bridgehead atoms. The van der Waals surface area contributed by atoms with Gasteiger partial charge in [0.1, 0.15) is 12.1 Å². The van der Waals surface area contributed by atoms with Gasteiger partial charge in [-0.3, -0.25) is 14.5 Å². The summed E-state index contributed by atoms with van der Waals surface area (Å²) in [4.78, 5) is 39.2. The highest BCUT2D eigenvalue weighted by atomic mass is 19.4. The molecule has 2 N–H and O–H groups in total. The summed E-state index contributed by atoms with van der Waals surface area (Å²) in [7, 11) is 0. The van der Waals surface area contributed by atoms with Gasteiger partial charge in [-0.05, 0) is 48.9 Å². The average Bonchev–Trinajstić information content (AvgIpc) is 2.86. The predicted octanol–water partition coefficient (Wildman–Crippen LogP) is 3.82. The molecule has 0 saturated carbocycles. The third-order valence-corrected chi connectivity index (χ3v) is 5.71. The van der Waals surface area contributed by atoms with Crippen LogP contribution in [-0.4, -0.2) is 29.3 Å². The van der Waals surface area contributed by atoms with Gasteiger partial charge in [0.2, 0.25) is 5.91 Å². The van der Waals surface area contributed by atoms with Crippen LogP contribution in [0.2, 0.25) is 0 Å². The fourth-order valence-corrected chi connectivity index (χ4v) is 4.29. The molecule has 31 heavy (non-hydrogen) atoms. The highest BCUT2D eigenvalue weighted by Gasteiger charge is 2.53. The van der Waals surface area contributed by atoms with Crippen molar-refractivity contribution in [1.82, 2.24) is 10.2 Å². The van der Waals surface area contributed by atoms with E-state index < -0.39 is 47.4 Å². The zero-order valence-corrected chi connectivity index (χ0v) is 16.5. The van der Waals surface area contributed by atoms with E-state index in [-0.39, 0.29) is 0 Å². The number of imide groups is 1.